The van der Waals surface area contributed by atoms with E-state index in [1.54, 1.807) is 6.92 Å². The van der Waals surface area contributed by atoms with E-state index < -0.39 is 10.2 Å². The lowest BCUT2D eigenvalue weighted by Crippen LogP contribution is -2.22. The number of carbonyl (C=O) groups excluding carboxylic acids is 1. The molecule has 0 aliphatic rings. The summed E-state index contributed by atoms with van der Waals surface area (Å²) in [5.41, 5.74) is 0.930. The molecule has 1 heterocycles. The van der Waals surface area contributed by atoms with Crippen molar-refractivity contribution in [2.45, 2.75) is 16.5 Å². The molecule has 1 aromatic heterocycles. The van der Waals surface area contributed by atoms with Crippen LogP contribution in [0.2, 0.25) is 5.02 Å². The van der Waals surface area contributed by atoms with Gasteiger partial charge in [-0.25, -0.2) is 0 Å². The zero-order valence-corrected chi connectivity index (χ0v) is 16.8. The Kier molecular flexibility index (Phi) is 6.45. The van der Waals surface area contributed by atoms with E-state index in [0.29, 0.717) is 9.47 Å². The Morgan fingerprint density at radius 1 is 1.25 bits per heavy atom. The molecule has 144 valence electrons. The number of hydrogen-bond acceptors (Lipinski definition) is 8. The summed E-state index contributed by atoms with van der Waals surface area (Å²) in [6.45, 7) is 1.71. The predicted octanol–water partition coefficient (Wildman–Crippen LogP) is 4.96. The standard InChI is InChI=1S/C17H14ClN5O3S2/c1-10(15(24)20-14-9-12(23(25)26)7-8-13(14)18)27-17-22-21-16(28-17)19-11-5-3-2-4-6-11/h2-10H,1H3,(H,19,21)(H,20,24). The largest absolute Gasteiger partial charge is 0.330 e. The molecule has 3 aromatic rings. The van der Waals surface area contributed by atoms with Crippen molar-refractivity contribution >= 4 is 62.8 Å². The lowest BCUT2D eigenvalue weighted by Gasteiger charge is -2.11. The molecule has 0 radical (unpaired) electrons. The second kappa shape index (κ2) is 9.00. The van der Waals surface area contributed by atoms with E-state index in [1.807, 2.05) is 30.3 Å². The summed E-state index contributed by atoms with van der Waals surface area (Å²) in [4.78, 5) is 22.8. The van der Waals surface area contributed by atoms with Gasteiger partial charge in [-0.2, -0.15) is 0 Å². The molecule has 0 aliphatic heterocycles. The van der Waals surface area contributed by atoms with Crippen LogP contribution < -0.4 is 10.6 Å². The molecule has 11 heteroatoms. The van der Waals surface area contributed by atoms with E-state index in [0.717, 1.165) is 5.69 Å². The fraction of sp³-hybridized carbons (Fsp3) is 0.118. The Bertz CT molecular complexity index is 999. The highest BCUT2D eigenvalue weighted by Gasteiger charge is 2.19. The van der Waals surface area contributed by atoms with Crippen molar-refractivity contribution in [2.75, 3.05) is 10.6 Å². The molecule has 0 fully saturated rings. The topological polar surface area (TPSA) is 110 Å². The Morgan fingerprint density at radius 3 is 2.71 bits per heavy atom. The molecule has 1 unspecified atom stereocenters. The minimum absolute atomic E-state index is 0.152. The number of non-ortho nitro benzene ring substituents is 1. The monoisotopic (exact) mass is 435 g/mol. The number of nitrogens with zero attached hydrogens (tertiary/aromatic N) is 3. The van der Waals surface area contributed by atoms with E-state index in [2.05, 4.69) is 20.8 Å². The number of amides is 1. The summed E-state index contributed by atoms with van der Waals surface area (Å²) in [6, 6.07) is 13.4. The van der Waals surface area contributed by atoms with Crippen LogP contribution in [0.3, 0.4) is 0 Å². The van der Waals surface area contributed by atoms with Gasteiger partial charge in [0.1, 0.15) is 0 Å². The van der Waals surface area contributed by atoms with Crippen LogP contribution >= 0.6 is 34.7 Å². The number of thioether (sulfide) groups is 1. The second-order valence-electron chi connectivity index (χ2n) is 5.53. The third-order valence-corrected chi connectivity index (χ3v) is 5.85. The van der Waals surface area contributed by atoms with Gasteiger partial charge in [-0.15, -0.1) is 10.2 Å². The summed E-state index contributed by atoms with van der Waals surface area (Å²) < 4.78 is 0.617. The Balaban J connectivity index is 1.62. The number of halogens is 1. The number of nitro groups is 1. The Morgan fingerprint density at radius 2 is 2.00 bits per heavy atom. The van der Waals surface area contributed by atoms with Crippen LogP contribution in [0.25, 0.3) is 0 Å². The van der Waals surface area contributed by atoms with Crippen LogP contribution in [0.5, 0.6) is 0 Å². The number of rotatable bonds is 7. The number of carbonyl (C=O) groups is 1. The summed E-state index contributed by atoms with van der Waals surface area (Å²) in [7, 11) is 0. The van der Waals surface area contributed by atoms with E-state index in [4.69, 9.17) is 11.6 Å². The number of nitro benzene ring substituents is 1. The SMILES string of the molecule is CC(Sc1nnc(Nc2ccccc2)s1)C(=O)Nc1cc([N+](=O)[O-])ccc1Cl. The van der Waals surface area contributed by atoms with Gasteiger partial charge in [-0.3, -0.25) is 14.9 Å². The van der Waals surface area contributed by atoms with Gasteiger partial charge in [0.2, 0.25) is 11.0 Å². The van der Waals surface area contributed by atoms with Crippen LogP contribution in [0.15, 0.2) is 52.9 Å². The Hall–Kier alpha value is -2.69. The zero-order chi connectivity index (χ0) is 20.1. The molecule has 2 aromatic carbocycles. The molecular formula is C17H14ClN5O3S2. The van der Waals surface area contributed by atoms with Crippen LogP contribution in [-0.4, -0.2) is 26.3 Å². The molecule has 3 rings (SSSR count). The quantitative estimate of drug-likeness (QED) is 0.306. The first-order valence-corrected chi connectivity index (χ1v) is 10.1. The van der Waals surface area contributed by atoms with Gasteiger partial charge in [0, 0.05) is 17.8 Å². The fourth-order valence-corrected chi connectivity index (χ4v) is 4.20. The third-order valence-electron chi connectivity index (χ3n) is 3.50. The predicted molar refractivity (Wildman–Crippen MR) is 112 cm³/mol. The van der Waals surface area contributed by atoms with Crippen molar-refractivity contribution < 1.29 is 9.72 Å². The number of hydrogen-bond donors (Lipinski definition) is 2. The highest BCUT2D eigenvalue weighted by Crippen LogP contribution is 2.32. The maximum Gasteiger partial charge on any atom is 0.271 e. The molecule has 0 aliphatic carbocycles. The van der Waals surface area contributed by atoms with E-state index >= 15 is 0 Å². The molecule has 8 nitrogen and oxygen atoms in total. The minimum Gasteiger partial charge on any atom is -0.330 e. The molecule has 0 saturated heterocycles. The molecule has 0 bridgehead atoms. The molecular weight excluding hydrogens is 422 g/mol. The van der Waals surface area contributed by atoms with Crippen LogP contribution in [0.4, 0.5) is 22.2 Å². The molecule has 2 N–H and O–H groups in total. The van der Waals surface area contributed by atoms with Gasteiger partial charge < -0.3 is 10.6 Å². The number of nitrogens with one attached hydrogen (secondary N) is 2. The molecule has 0 saturated carbocycles. The molecule has 0 spiro atoms. The normalized spacial score (nSPS) is 11.6. The first kappa shape index (κ1) is 20.1. The molecule has 1 amide bonds. The van der Waals surface area contributed by atoms with Crippen molar-refractivity contribution in [1.29, 1.82) is 0 Å². The highest BCUT2D eigenvalue weighted by atomic mass is 35.5. The average Bonchev–Trinajstić information content (AvgIpc) is 3.10. The third kappa shape index (κ3) is 5.18. The van der Waals surface area contributed by atoms with Crippen molar-refractivity contribution in [3.05, 3.63) is 63.7 Å². The first-order chi connectivity index (χ1) is 13.4. The van der Waals surface area contributed by atoms with Crippen molar-refractivity contribution in [1.82, 2.24) is 10.2 Å². The van der Waals surface area contributed by atoms with Gasteiger partial charge in [-0.05, 0) is 25.1 Å². The van der Waals surface area contributed by atoms with Crippen molar-refractivity contribution in [2.24, 2.45) is 0 Å². The number of benzene rings is 2. The number of para-hydroxylation sites is 1. The number of anilines is 3. The van der Waals surface area contributed by atoms with Gasteiger partial charge in [0.15, 0.2) is 4.34 Å². The smallest absolute Gasteiger partial charge is 0.271 e. The maximum atomic E-state index is 12.4. The van der Waals surface area contributed by atoms with Crippen LogP contribution in [-0.2, 0) is 4.79 Å². The van der Waals surface area contributed by atoms with Gasteiger partial charge in [0.05, 0.1) is 20.9 Å². The van der Waals surface area contributed by atoms with E-state index in [1.165, 1.54) is 41.3 Å². The summed E-state index contributed by atoms with van der Waals surface area (Å²) in [5, 5.41) is 25.1. The van der Waals surface area contributed by atoms with Gasteiger partial charge >= 0.3 is 0 Å². The summed E-state index contributed by atoms with van der Waals surface area (Å²) in [6.07, 6.45) is 0. The lowest BCUT2D eigenvalue weighted by atomic mass is 10.2. The van der Waals surface area contributed by atoms with Crippen molar-refractivity contribution in [3.8, 4) is 0 Å². The zero-order valence-electron chi connectivity index (χ0n) is 14.5. The van der Waals surface area contributed by atoms with Crippen molar-refractivity contribution in [3.63, 3.8) is 0 Å². The average molecular weight is 436 g/mol. The summed E-state index contributed by atoms with van der Waals surface area (Å²) in [5.74, 6) is -0.347. The first-order valence-electron chi connectivity index (χ1n) is 7.99. The van der Waals surface area contributed by atoms with Crippen LogP contribution in [0, 0.1) is 10.1 Å². The van der Waals surface area contributed by atoms with Gasteiger partial charge in [0.25, 0.3) is 5.69 Å². The summed E-state index contributed by atoms with van der Waals surface area (Å²) >= 11 is 8.58. The molecule has 28 heavy (non-hydrogen) atoms. The minimum atomic E-state index is -0.549. The fourth-order valence-electron chi connectivity index (χ4n) is 2.11. The second-order valence-corrected chi connectivity index (χ2v) is 8.51. The van der Waals surface area contributed by atoms with E-state index in [9.17, 15) is 14.9 Å². The lowest BCUT2D eigenvalue weighted by molar-refractivity contribution is -0.384. The molecule has 1 atom stereocenters. The van der Waals surface area contributed by atoms with Crippen LogP contribution in [0.1, 0.15) is 6.92 Å². The maximum absolute atomic E-state index is 12.4. The number of aromatic nitrogens is 2. The van der Waals surface area contributed by atoms with Gasteiger partial charge in [-0.1, -0.05) is 52.9 Å². The highest BCUT2D eigenvalue weighted by molar-refractivity contribution is 8.02. The Labute approximate surface area is 173 Å². The van der Waals surface area contributed by atoms with E-state index in [-0.39, 0.29) is 22.3 Å².